The van der Waals surface area contributed by atoms with Gasteiger partial charge in [0.15, 0.2) is 5.82 Å². The number of H-pyrrole nitrogens is 1. The zero-order valence-corrected chi connectivity index (χ0v) is 15.8. The standard InChI is InChI=1S/C20H25N7/c1-3-9-26(10-7-21)20-18-14(12-24-27(18)4-2)11-17(25-20)16-13-23-19-15(16)6-5-8-22-19/h5-6,8,11-13H,3-4,7,9-10,21H2,1-2H3,(H,22,23). The molecule has 140 valence electrons. The van der Waals surface area contributed by atoms with E-state index in [-0.39, 0.29) is 0 Å². The number of aromatic amines is 1. The smallest absolute Gasteiger partial charge is 0.155 e. The maximum absolute atomic E-state index is 5.89. The minimum atomic E-state index is 0.588. The number of nitrogens with one attached hydrogen (secondary N) is 1. The van der Waals surface area contributed by atoms with Gasteiger partial charge < -0.3 is 15.6 Å². The summed E-state index contributed by atoms with van der Waals surface area (Å²) in [6, 6.07) is 6.13. The molecule has 0 aliphatic rings. The minimum absolute atomic E-state index is 0.588. The van der Waals surface area contributed by atoms with Gasteiger partial charge in [-0.3, -0.25) is 4.68 Å². The van der Waals surface area contributed by atoms with Crippen molar-refractivity contribution in [1.82, 2.24) is 24.7 Å². The first-order chi connectivity index (χ1) is 13.3. The first-order valence-corrected chi connectivity index (χ1v) is 9.50. The Morgan fingerprint density at radius 1 is 1.26 bits per heavy atom. The molecular weight excluding hydrogens is 338 g/mol. The van der Waals surface area contributed by atoms with Crippen LogP contribution in [0.25, 0.3) is 33.2 Å². The van der Waals surface area contributed by atoms with E-state index in [4.69, 9.17) is 10.7 Å². The molecule has 0 bridgehead atoms. The molecule has 0 amide bonds. The van der Waals surface area contributed by atoms with E-state index in [1.165, 1.54) is 0 Å². The van der Waals surface area contributed by atoms with Crippen LogP contribution in [0.15, 0.2) is 36.8 Å². The Labute approximate surface area is 158 Å². The molecule has 27 heavy (non-hydrogen) atoms. The molecule has 0 radical (unpaired) electrons. The van der Waals surface area contributed by atoms with Gasteiger partial charge in [0, 0.05) is 54.9 Å². The number of rotatable bonds is 7. The number of hydrogen-bond acceptors (Lipinski definition) is 5. The molecule has 0 aromatic carbocycles. The molecule has 0 saturated carbocycles. The Morgan fingerprint density at radius 3 is 2.93 bits per heavy atom. The van der Waals surface area contributed by atoms with Crippen LogP contribution in [0.5, 0.6) is 0 Å². The van der Waals surface area contributed by atoms with Crippen molar-refractivity contribution in [2.45, 2.75) is 26.8 Å². The molecule has 7 nitrogen and oxygen atoms in total. The van der Waals surface area contributed by atoms with E-state index in [9.17, 15) is 0 Å². The lowest BCUT2D eigenvalue weighted by Gasteiger charge is -2.24. The van der Waals surface area contributed by atoms with Crippen LogP contribution in [-0.2, 0) is 6.54 Å². The van der Waals surface area contributed by atoms with Crippen LogP contribution < -0.4 is 10.6 Å². The van der Waals surface area contributed by atoms with Crippen molar-refractivity contribution in [2.24, 2.45) is 5.73 Å². The molecular formula is C20H25N7. The number of pyridine rings is 2. The second kappa shape index (κ2) is 7.36. The van der Waals surface area contributed by atoms with Crippen molar-refractivity contribution in [3.63, 3.8) is 0 Å². The van der Waals surface area contributed by atoms with Crippen LogP contribution in [0.3, 0.4) is 0 Å². The molecule has 0 saturated heterocycles. The predicted molar refractivity (Wildman–Crippen MR) is 110 cm³/mol. The summed E-state index contributed by atoms with van der Waals surface area (Å²) in [5, 5.41) is 6.72. The van der Waals surface area contributed by atoms with E-state index in [1.54, 1.807) is 6.20 Å². The topological polar surface area (TPSA) is 88.7 Å². The highest BCUT2D eigenvalue weighted by atomic mass is 15.3. The molecule has 4 aromatic heterocycles. The lowest BCUT2D eigenvalue weighted by atomic mass is 10.1. The molecule has 4 heterocycles. The third-order valence-electron chi connectivity index (χ3n) is 4.82. The van der Waals surface area contributed by atoms with Gasteiger partial charge in [-0.2, -0.15) is 5.10 Å². The van der Waals surface area contributed by atoms with E-state index in [0.29, 0.717) is 6.54 Å². The van der Waals surface area contributed by atoms with Crippen LogP contribution in [0.4, 0.5) is 5.82 Å². The van der Waals surface area contributed by atoms with Crippen molar-refractivity contribution in [2.75, 3.05) is 24.5 Å². The van der Waals surface area contributed by atoms with E-state index in [2.05, 4.69) is 45.9 Å². The quantitative estimate of drug-likeness (QED) is 0.526. The number of anilines is 1. The maximum atomic E-state index is 5.89. The van der Waals surface area contributed by atoms with E-state index >= 15 is 0 Å². The second-order valence-electron chi connectivity index (χ2n) is 6.61. The van der Waals surface area contributed by atoms with Crippen LogP contribution in [0, 0.1) is 0 Å². The fraction of sp³-hybridized carbons (Fsp3) is 0.350. The molecule has 7 heteroatoms. The molecule has 0 fully saturated rings. The SMILES string of the molecule is CCCN(CCN)c1nc(-c2c[nH]c3ncccc23)cc2cnn(CC)c12. The van der Waals surface area contributed by atoms with Gasteiger partial charge in [0.1, 0.15) is 11.2 Å². The highest BCUT2D eigenvalue weighted by Crippen LogP contribution is 2.33. The van der Waals surface area contributed by atoms with Crippen molar-refractivity contribution in [3.05, 3.63) is 36.8 Å². The minimum Gasteiger partial charge on any atom is -0.354 e. The number of aryl methyl sites for hydroxylation is 1. The lowest BCUT2D eigenvalue weighted by Crippen LogP contribution is -2.31. The van der Waals surface area contributed by atoms with Gasteiger partial charge in [-0.25, -0.2) is 9.97 Å². The third-order valence-corrected chi connectivity index (χ3v) is 4.82. The van der Waals surface area contributed by atoms with Crippen molar-refractivity contribution >= 4 is 27.8 Å². The molecule has 0 spiro atoms. The Bertz CT molecular complexity index is 1060. The fourth-order valence-corrected chi connectivity index (χ4v) is 3.61. The predicted octanol–water partition coefficient (Wildman–Crippen LogP) is 3.17. The molecule has 0 atom stereocenters. The average molecular weight is 363 g/mol. The largest absolute Gasteiger partial charge is 0.354 e. The van der Waals surface area contributed by atoms with Gasteiger partial charge in [0.25, 0.3) is 0 Å². The first-order valence-electron chi connectivity index (χ1n) is 9.50. The van der Waals surface area contributed by atoms with Crippen molar-refractivity contribution in [1.29, 1.82) is 0 Å². The van der Waals surface area contributed by atoms with E-state index < -0.39 is 0 Å². The lowest BCUT2D eigenvalue weighted by molar-refractivity contribution is 0.677. The van der Waals surface area contributed by atoms with Gasteiger partial charge in [-0.15, -0.1) is 0 Å². The summed E-state index contributed by atoms with van der Waals surface area (Å²) in [7, 11) is 0. The first kappa shape index (κ1) is 17.5. The second-order valence-corrected chi connectivity index (χ2v) is 6.61. The van der Waals surface area contributed by atoms with Gasteiger partial charge in [-0.05, 0) is 31.5 Å². The third kappa shape index (κ3) is 3.04. The number of nitrogens with zero attached hydrogens (tertiary/aromatic N) is 5. The average Bonchev–Trinajstić information content (AvgIpc) is 3.31. The van der Waals surface area contributed by atoms with Crippen molar-refractivity contribution < 1.29 is 0 Å². The van der Waals surface area contributed by atoms with E-state index in [0.717, 1.165) is 65.1 Å². The summed E-state index contributed by atoms with van der Waals surface area (Å²) >= 11 is 0. The number of fused-ring (bicyclic) bond motifs is 2. The number of hydrogen-bond donors (Lipinski definition) is 2. The summed E-state index contributed by atoms with van der Waals surface area (Å²) in [6.45, 7) is 7.34. The molecule has 0 unspecified atom stereocenters. The van der Waals surface area contributed by atoms with Gasteiger partial charge in [0.2, 0.25) is 0 Å². The molecule has 0 aliphatic heterocycles. The van der Waals surface area contributed by atoms with Crippen LogP contribution in [0.1, 0.15) is 20.3 Å². The summed E-state index contributed by atoms with van der Waals surface area (Å²) in [4.78, 5) is 15.0. The summed E-state index contributed by atoms with van der Waals surface area (Å²) < 4.78 is 2.01. The van der Waals surface area contributed by atoms with Gasteiger partial charge in [0.05, 0.1) is 11.9 Å². The van der Waals surface area contributed by atoms with E-state index in [1.807, 2.05) is 23.1 Å². The van der Waals surface area contributed by atoms with Crippen LogP contribution in [0.2, 0.25) is 0 Å². The van der Waals surface area contributed by atoms with Crippen LogP contribution in [-0.4, -0.2) is 44.4 Å². The molecule has 0 aliphatic carbocycles. The summed E-state index contributed by atoms with van der Waals surface area (Å²) in [5.41, 5.74) is 9.80. The maximum Gasteiger partial charge on any atom is 0.155 e. The Balaban J connectivity index is 1.95. The van der Waals surface area contributed by atoms with Gasteiger partial charge in [-0.1, -0.05) is 6.92 Å². The Hall–Kier alpha value is -2.93. The number of nitrogens with two attached hydrogens (primary N) is 1. The normalized spacial score (nSPS) is 11.5. The summed E-state index contributed by atoms with van der Waals surface area (Å²) in [5.74, 6) is 0.951. The Morgan fingerprint density at radius 2 is 2.15 bits per heavy atom. The van der Waals surface area contributed by atoms with Crippen LogP contribution >= 0.6 is 0 Å². The summed E-state index contributed by atoms with van der Waals surface area (Å²) in [6.07, 6.45) is 6.73. The highest BCUT2D eigenvalue weighted by Gasteiger charge is 2.18. The van der Waals surface area contributed by atoms with Gasteiger partial charge >= 0.3 is 0 Å². The zero-order valence-electron chi connectivity index (χ0n) is 15.8. The zero-order chi connectivity index (χ0) is 18.8. The van der Waals surface area contributed by atoms with Crippen molar-refractivity contribution in [3.8, 4) is 11.3 Å². The number of aromatic nitrogens is 5. The monoisotopic (exact) mass is 363 g/mol. The Kier molecular flexibility index (Phi) is 4.77. The molecule has 4 rings (SSSR count). The highest BCUT2D eigenvalue weighted by molar-refractivity contribution is 5.97. The fourth-order valence-electron chi connectivity index (χ4n) is 3.61. The molecule has 4 aromatic rings. The molecule has 3 N–H and O–H groups in total.